The van der Waals surface area contributed by atoms with E-state index >= 15 is 0 Å². The predicted molar refractivity (Wildman–Crippen MR) is 125 cm³/mol. The molecule has 34 heavy (non-hydrogen) atoms. The lowest BCUT2D eigenvalue weighted by Gasteiger charge is -2.17. The molecule has 1 aromatic carbocycles. The molecule has 2 fully saturated rings. The summed E-state index contributed by atoms with van der Waals surface area (Å²) in [4.78, 5) is 52.5. The van der Waals surface area contributed by atoms with Crippen LogP contribution in [0.4, 0.5) is 5.00 Å². The Balaban J connectivity index is 1.36. The van der Waals surface area contributed by atoms with E-state index in [0.29, 0.717) is 16.3 Å². The van der Waals surface area contributed by atoms with Crippen LogP contribution in [0.5, 0.6) is 5.75 Å². The topological polar surface area (TPSA) is 102 Å². The number of likely N-dealkylation sites (tertiary alicyclic amines) is 1. The fourth-order valence-electron chi connectivity index (χ4n) is 5.27. The first-order valence-corrected chi connectivity index (χ1v) is 12.1. The van der Waals surface area contributed by atoms with Crippen molar-refractivity contribution in [2.45, 2.75) is 13.3 Å². The number of hydrogen-bond donors (Lipinski definition) is 1. The van der Waals surface area contributed by atoms with Crippen LogP contribution in [0, 0.1) is 23.7 Å². The minimum Gasteiger partial charge on any atom is -0.497 e. The Morgan fingerprint density at radius 2 is 1.74 bits per heavy atom. The van der Waals surface area contributed by atoms with Crippen molar-refractivity contribution in [1.29, 1.82) is 0 Å². The number of benzene rings is 1. The molecule has 8 nitrogen and oxygen atoms in total. The largest absolute Gasteiger partial charge is 0.497 e. The molecule has 3 aliphatic rings. The van der Waals surface area contributed by atoms with Crippen molar-refractivity contribution in [3.8, 4) is 16.9 Å². The standard InChI is InChI=1S/C25H24N2O6S/c1-3-33-25(31)21-17(13-6-8-16(32-2)9-7-13)12-34-22(21)26-18(28)11-27-23(29)19-14-4-5-15(10-14)20(19)24(27)30/h4-9,12,14-15,19-20H,3,10-11H2,1-2H3,(H,26,28)/t14-,15-,19-,20+/m0/s1. The van der Waals surface area contributed by atoms with Crippen LogP contribution in [0.25, 0.3) is 11.1 Å². The number of hydrogen-bond acceptors (Lipinski definition) is 7. The summed E-state index contributed by atoms with van der Waals surface area (Å²) in [6.07, 6.45) is 4.86. The minimum atomic E-state index is -0.560. The van der Waals surface area contributed by atoms with E-state index in [-0.39, 0.29) is 54.2 Å². The predicted octanol–water partition coefficient (Wildman–Crippen LogP) is 3.35. The van der Waals surface area contributed by atoms with E-state index in [2.05, 4.69) is 5.32 Å². The van der Waals surface area contributed by atoms with Crippen LogP contribution < -0.4 is 10.1 Å². The summed E-state index contributed by atoms with van der Waals surface area (Å²) >= 11 is 1.19. The summed E-state index contributed by atoms with van der Waals surface area (Å²) in [6, 6.07) is 7.20. The molecule has 9 heteroatoms. The van der Waals surface area contributed by atoms with Crippen molar-refractivity contribution in [3.05, 3.63) is 47.4 Å². The number of nitrogens with zero attached hydrogens (tertiary/aromatic N) is 1. The van der Waals surface area contributed by atoms with Crippen LogP contribution in [0.3, 0.4) is 0 Å². The number of ether oxygens (including phenoxy) is 2. The number of carbonyl (C=O) groups is 4. The third kappa shape index (κ3) is 3.60. The third-order valence-electron chi connectivity index (χ3n) is 6.79. The van der Waals surface area contributed by atoms with Gasteiger partial charge in [-0.1, -0.05) is 24.3 Å². The first kappa shape index (κ1) is 22.3. The molecule has 5 rings (SSSR count). The van der Waals surface area contributed by atoms with E-state index in [0.717, 1.165) is 16.9 Å². The number of anilines is 1. The number of nitrogens with one attached hydrogen (secondary N) is 1. The average molecular weight is 481 g/mol. The van der Waals surface area contributed by atoms with Gasteiger partial charge in [0.05, 0.1) is 25.6 Å². The molecule has 1 aromatic heterocycles. The fraction of sp³-hybridized carbons (Fsp3) is 0.360. The Hall–Kier alpha value is -3.46. The van der Waals surface area contributed by atoms with Gasteiger partial charge in [-0.2, -0.15) is 0 Å². The van der Waals surface area contributed by atoms with Gasteiger partial charge in [-0.05, 0) is 42.9 Å². The number of fused-ring (bicyclic) bond motifs is 5. The molecule has 0 spiro atoms. The summed E-state index contributed by atoms with van der Waals surface area (Å²) in [5, 5.41) is 4.81. The van der Waals surface area contributed by atoms with Crippen molar-refractivity contribution in [2.24, 2.45) is 23.7 Å². The average Bonchev–Trinajstić information content (AvgIpc) is 3.60. The molecule has 2 bridgehead atoms. The summed E-state index contributed by atoms with van der Waals surface area (Å²) in [6.45, 7) is 1.52. The van der Waals surface area contributed by atoms with Gasteiger partial charge in [0.2, 0.25) is 17.7 Å². The molecule has 1 saturated carbocycles. The molecule has 2 aliphatic carbocycles. The van der Waals surface area contributed by atoms with Crippen LogP contribution in [0.2, 0.25) is 0 Å². The highest BCUT2D eigenvalue weighted by Crippen LogP contribution is 2.52. The van der Waals surface area contributed by atoms with Gasteiger partial charge in [0.1, 0.15) is 22.9 Å². The Kier molecular flexibility index (Phi) is 5.73. The van der Waals surface area contributed by atoms with Gasteiger partial charge in [0.25, 0.3) is 0 Å². The molecule has 2 aromatic rings. The Labute approximate surface area is 200 Å². The number of rotatable bonds is 7. The second-order valence-electron chi connectivity index (χ2n) is 8.61. The molecule has 1 saturated heterocycles. The number of thiophene rings is 1. The fourth-order valence-corrected chi connectivity index (χ4v) is 6.24. The van der Waals surface area contributed by atoms with E-state index < -0.39 is 11.9 Å². The monoisotopic (exact) mass is 480 g/mol. The molecular weight excluding hydrogens is 456 g/mol. The van der Waals surface area contributed by atoms with Crippen LogP contribution in [-0.4, -0.2) is 48.9 Å². The van der Waals surface area contributed by atoms with E-state index in [1.807, 2.05) is 24.3 Å². The number of methoxy groups -OCH3 is 1. The third-order valence-corrected chi connectivity index (χ3v) is 7.68. The first-order chi connectivity index (χ1) is 16.4. The zero-order valence-corrected chi connectivity index (χ0v) is 19.6. The number of amides is 3. The number of esters is 1. The molecule has 4 atom stereocenters. The van der Waals surface area contributed by atoms with E-state index in [1.54, 1.807) is 31.5 Å². The normalized spacial score (nSPS) is 24.5. The molecule has 2 heterocycles. The van der Waals surface area contributed by atoms with Gasteiger partial charge in [-0.3, -0.25) is 19.3 Å². The highest BCUT2D eigenvalue weighted by atomic mass is 32.1. The SMILES string of the molecule is CCOC(=O)c1c(-c2ccc(OC)cc2)csc1NC(=O)CN1C(=O)[C@@H]2[C@H](C1=O)[C@H]1C=C[C@H]2C1. The van der Waals surface area contributed by atoms with Gasteiger partial charge in [-0.25, -0.2) is 4.79 Å². The Morgan fingerprint density at radius 1 is 1.09 bits per heavy atom. The van der Waals surface area contributed by atoms with Gasteiger partial charge in [0.15, 0.2) is 0 Å². The summed E-state index contributed by atoms with van der Waals surface area (Å²) in [7, 11) is 1.57. The zero-order chi connectivity index (χ0) is 24.0. The van der Waals surface area contributed by atoms with E-state index in [4.69, 9.17) is 9.47 Å². The molecule has 0 unspecified atom stereocenters. The lowest BCUT2D eigenvalue weighted by atomic mass is 9.85. The Morgan fingerprint density at radius 3 is 2.32 bits per heavy atom. The van der Waals surface area contributed by atoms with Gasteiger partial charge < -0.3 is 14.8 Å². The van der Waals surface area contributed by atoms with Crippen molar-refractivity contribution >= 4 is 40.0 Å². The van der Waals surface area contributed by atoms with Gasteiger partial charge in [-0.15, -0.1) is 11.3 Å². The van der Waals surface area contributed by atoms with Crippen molar-refractivity contribution in [1.82, 2.24) is 4.90 Å². The summed E-state index contributed by atoms with van der Waals surface area (Å²) < 4.78 is 10.4. The molecule has 1 N–H and O–H groups in total. The highest BCUT2D eigenvalue weighted by molar-refractivity contribution is 7.15. The number of imide groups is 1. The maximum absolute atomic E-state index is 12.9. The quantitative estimate of drug-likeness (QED) is 0.371. The molecule has 1 aliphatic heterocycles. The van der Waals surface area contributed by atoms with Crippen molar-refractivity contribution < 1.29 is 28.7 Å². The molecule has 3 amide bonds. The van der Waals surface area contributed by atoms with E-state index in [9.17, 15) is 19.2 Å². The Bertz CT molecular complexity index is 1170. The lowest BCUT2D eigenvalue weighted by molar-refractivity contribution is -0.143. The van der Waals surface area contributed by atoms with Crippen LogP contribution in [0.1, 0.15) is 23.7 Å². The zero-order valence-electron chi connectivity index (χ0n) is 18.8. The maximum atomic E-state index is 12.9. The van der Waals surface area contributed by atoms with Crippen molar-refractivity contribution in [2.75, 3.05) is 25.6 Å². The van der Waals surface area contributed by atoms with Crippen LogP contribution in [-0.2, 0) is 19.1 Å². The number of allylic oxidation sites excluding steroid dienone is 2. The maximum Gasteiger partial charge on any atom is 0.341 e. The smallest absolute Gasteiger partial charge is 0.341 e. The van der Waals surface area contributed by atoms with E-state index in [1.165, 1.54) is 11.3 Å². The molecular formula is C25H24N2O6S. The molecule has 0 radical (unpaired) electrons. The summed E-state index contributed by atoms with van der Waals surface area (Å²) in [5.74, 6) is -1.51. The first-order valence-electron chi connectivity index (χ1n) is 11.2. The van der Waals surface area contributed by atoms with Crippen molar-refractivity contribution in [3.63, 3.8) is 0 Å². The second-order valence-corrected chi connectivity index (χ2v) is 9.49. The van der Waals surface area contributed by atoms with Crippen LogP contribution in [0.15, 0.2) is 41.8 Å². The highest BCUT2D eigenvalue weighted by Gasteiger charge is 2.59. The van der Waals surface area contributed by atoms with Gasteiger partial charge >= 0.3 is 5.97 Å². The summed E-state index contributed by atoms with van der Waals surface area (Å²) in [5.41, 5.74) is 1.62. The minimum absolute atomic E-state index is 0.0827. The van der Waals surface area contributed by atoms with Crippen LogP contribution >= 0.6 is 11.3 Å². The lowest BCUT2D eigenvalue weighted by Crippen LogP contribution is -2.39. The number of carbonyl (C=O) groups excluding carboxylic acids is 4. The van der Waals surface area contributed by atoms with Gasteiger partial charge in [0, 0.05) is 10.9 Å². The second kappa shape index (κ2) is 8.72. The molecule has 176 valence electrons.